The minimum absolute atomic E-state index is 0.0138. The Bertz CT molecular complexity index is 894. The van der Waals surface area contributed by atoms with Gasteiger partial charge in [-0.3, -0.25) is 4.79 Å². The minimum atomic E-state index is -0.276. The van der Waals surface area contributed by atoms with E-state index in [-0.39, 0.29) is 17.4 Å². The molecule has 2 fully saturated rings. The van der Waals surface area contributed by atoms with E-state index in [2.05, 4.69) is 33.9 Å². The van der Waals surface area contributed by atoms with Crippen LogP contribution in [-0.2, 0) is 4.79 Å². The van der Waals surface area contributed by atoms with E-state index in [4.69, 9.17) is 9.51 Å². The topological polar surface area (TPSA) is 75.4 Å². The Morgan fingerprint density at radius 3 is 2.55 bits per heavy atom. The van der Waals surface area contributed by atoms with Crippen LogP contribution in [-0.4, -0.2) is 57.5 Å². The number of carbonyl (C=O) groups is 1. The van der Waals surface area contributed by atoms with E-state index in [9.17, 15) is 4.79 Å². The van der Waals surface area contributed by atoms with Crippen molar-refractivity contribution in [3.8, 4) is 11.3 Å². The molecule has 4 rings (SSSR count). The number of amides is 1. The van der Waals surface area contributed by atoms with Crippen LogP contribution in [0, 0.1) is 26.2 Å². The molecule has 0 radical (unpaired) electrons. The minimum Gasteiger partial charge on any atom is -0.361 e. The van der Waals surface area contributed by atoms with Gasteiger partial charge in [-0.2, -0.15) is 0 Å². The normalized spacial score (nSPS) is 22.2. The number of aryl methyl sites for hydroxylation is 3. The summed E-state index contributed by atoms with van der Waals surface area (Å²) in [5, 5.41) is 4.07. The van der Waals surface area contributed by atoms with Crippen LogP contribution in [0.2, 0.25) is 0 Å². The first-order chi connectivity index (χ1) is 13.8. The zero-order chi connectivity index (χ0) is 20.8. The van der Waals surface area contributed by atoms with E-state index in [1.807, 2.05) is 26.8 Å². The van der Waals surface area contributed by atoms with Crippen molar-refractivity contribution in [3.63, 3.8) is 0 Å². The molecule has 0 saturated carbocycles. The Morgan fingerprint density at radius 2 is 1.90 bits per heavy atom. The van der Waals surface area contributed by atoms with Gasteiger partial charge < -0.3 is 14.3 Å². The molecule has 0 N–H and O–H groups in total. The van der Waals surface area contributed by atoms with Crippen molar-refractivity contribution in [1.29, 1.82) is 0 Å². The molecule has 2 saturated heterocycles. The van der Waals surface area contributed by atoms with Crippen molar-refractivity contribution in [2.24, 2.45) is 5.41 Å². The molecule has 2 aliphatic heterocycles. The maximum absolute atomic E-state index is 13.6. The van der Waals surface area contributed by atoms with E-state index in [0.717, 1.165) is 73.7 Å². The summed E-state index contributed by atoms with van der Waals surface area (Å²) in [7, 11) is 2.13. The van der Waals surface area contributed by atoms with E-state index in [0.29, 0.717) is 5.82 Å². The van der Waals surface area contributed by atoms with Crippen LogP contribution < -0.4 is 0 Å². The van der Waals surface area contributed by atoms with Crippen LogP contribution >= 0.6 is 0 Å². The Hall–Kier alpha value is -2.28. The number of likely N-dealkylation sites (tertiary alicyclic amines) is 2. The molecule has 0 bridgehead atoms. The molecule has 0 spiro atoms. The van der Waals surface area contributed by atoms with Gasteiger partial charge in [-0.1, -0.05) is 12.1 Å². The lowest BCUT2D eigenvalue weighted by atomic mass is 9.79. The maximum atomic E-state index is 13.6. The standard InChI is InChI=1S/C22H31N5O2/c1-14-20(15(2)29-25-14)18-13-17(23-16(3)24-18)19-7-6-10-27(19)21(28)22(4)8-11-26(5)12-9-22/h13,19H,6-12H2,1-5H3. The molecular weight excluding hydrogens is 366 g/mol. The quantitative estimate of drug-likeness (QED) is 0.790. The molecule has 4 heterocycles. The van der Waals surface area contributed by atoms with Crippen molar-refractivity contribution < 1.29 is 9.32 Å². The van der Waals surface area contributed by atoms with Gasteiger partial charge in [-0.05, 0) is 72.7 Å². The average molecular weight is 398 g/mol. The van der Waals surface area contributed by atoms with Crippen LogP contribution in [0.4, 0.5) is 0 Å². The molecule has 29 heavy (non-hydrogen) atoms. The van der Waals surface area contributed by atoms with Gasteiger partial charge >= 0.3 is 0 Å². The molecular formula is C22H31N5O2. The first-order valence-electron chi connectivity index (χ1n) is 10.6. The highest BCUT2D eigenvalue weighted by Gasteiger charge is 2.43. The Kier molecular flexibility index (Phi) is 5.19. The highest BCUT2D eigenvalue weighted by atomic mass is 16.5. The highest BCUT2D eigenvalue weighted by molar-refractivity contribution is 5.83. The number of rotatable bonds is 3. The zero-order valence-electron chi connectivity index (χ0n) is 18.2. The van der Waals surface area contributed by atoms with E-state index < -0.39 is 0 Å². The molecule has 1 atom stereocenters. The lowest BCUT2D eigenvalue weighted by Gasteiger charge is -2.40. The highest BCUT2D eigenvalue weighted by Crippen LogP contribution is 2.40. The van der Waals surface area contributed by atoms with E-state index in [1.54, 1.807) is 0 Å². The Labute approximate surface area is 172 Å². The van der Waals surface area contributed by atoms with Crippen molar-refractivity contribution in [3.05, 3.63) is 29.0 Å². The third-order valence-electron chi connectivity index (χ3n) is 6.61. The molecule has 2 aromatic rings. The predicted molar refractivity (Wildman–Crippen MR) is 110 cm³/mol. The van der Waals surface area contributed by atoms with Gasteiger partial charge in [0.1, 0.15) is 11.6 Å². The van der Waals surface area contributed by atoms with Crippen molar-refractivity contribution in [2.75, 3.05) is 26.7 Å². The first kappa shape index (κ1) is 20.0. The monoisotopic (exact) mass is 397 g/mol. The van der Waals surface area contributed by atoms with Crippen molar-refractivity contribution >= 4 is 5.91 Å². The summed E-state index contributed by atoms with van der Waals surface area (Å²) in [5.41, 5.74) is 3.23. The molecule has 0 aliphatic carbocycles. The van der Waals surface area contributed by atoms with Crippen LogP contribution in [0.15, 0.2) is 10.6 Å². The molecule has 2 aliphatic rings. The summed E-state index contributed by atoms with van der Waals surface area (Å²) >= 11 is 0. The number of hydrogen-bond acceptors (Lipinski definition) is 6. The van der Waals surface area contributed by atoms with Crippen LogP contribution in [0.1, 0.15) is 61.6 Å². The van der Waals surface area contributed by atoms with Gasteiger partial charge in [-0.25, -0.2) is 9.97 Å². The fourth-order valence-electron chi connectivity index (χ4n) is 4.73. The smallest absolute Gasteiger partial charge is 0.229 e. The summed E-state index contributed by atoms with van der Waals surface area (Å²) in [5.74, 6) is 1.75. The maximum Gasteiger partial charge on any atom is 0.229 e. The van der Waals surface area contributed by atoms with Gasteiger partial charge in [-0.15, -0.1) is 0 Å². The summed E-state index contributed by atoms with van der Waals surface area (Å²) in [4.78, 5) is 27.3. The number of carbonyl (C=O) groups excluding carboxylic acids is 1. The van der Waals surface area contributed by atoms with E-state index >= 15 is 0 Å². The van der Waals surface area contributed by atoms with E-state index in [1.165, 1.54) is 0 Å². The predicted octanol–water partition coefficient (Wildman–Crippen LogP) is 3.45. The Balaban J connectivity index is 1.65. The van der Waals surface area contributed by atoms with Gasteiger partial charge in [0.25, 0.3) is 0 Å². The van der Waals surface area contributed by atoms with Crippen LogP contribution in [0.5, 0.6) is 0 Å². The summed E-state index contributed by atoms with van der Waals surface area (Å²) < 4.78 is 5.34. The van der Waals surface area contributed by atoms with Crippen LogP contribution in [0.25, 0.3) is 11.3 Å². The molecule has 156 valence electrons. The van der Waals surface area contributed by atoms with Crippen molar-refractivity contribution in [2.45, 2.75) is 59.4 Å². The number of piperidine rings is 1. The summed E-state index contributed by atoms with van der Waals surface area (Å²) in [6, 6.07) is 2.03. The largest absolute Gasteiger partial charge is 0.361 e. The third kappa shape index (κ3) is 3.68. The van der Waals surface area contributed by atoms with Gasteiger partial charge in [0.2, 0.25) is 5.91 Å². The molecule has 2 aromatic heterocycles. The first-order valence-corrected chi connectivity index (χ1v) is 10.6. The van der Waals surface area contributed by atoms with Gasteiger partial charge in [0.15, 0.2) is 0 Å². The summed E-state index contributed by atoms with van der Waals surface area (Å²) in [6.45, 7) is 10.6. The second-order valence-corrected chi connectivity index (χ2v) is 8.94. The molecule has 1 amide bonds. The van der Waals surface area contributed by atoms with Gasteiger partial charge in [0.05, 0.1) is 28.7 Å². The second-order valence-electron chi connectivity index (χ2n) is 8.94. The molecule has 0 aromatic carbocycles. The molecule has 7 nitrogen and oxygen atoms in total. The lowest BCUT2D eigenvalue weighted by molar-refractivity contribution is -0.145. The third-order valence-corrected chi connectivity index (χ3v) is 6.61. The lowest BCUT2D eigenvalue weighted by Crippen LogP contribution is -2.47. The zero-order valence-corrected chi connectivity index (χ0v) is 18.2. The number of nitrogens with zero attached hydrogens (tertiary/aromatic N) is 5. The molecule has 7 heteroatoms. The van der Waals surface area contributed by atoms with Gasteiger partial charge in [0, 0.05) is 12.0 Å². The van der Waals surface area contributed by atoms with Crippen LogP contribution in [0.3, 0.4) is 0 Å². The molecule has 1 unspecified atom stereocenters. The SMILES string of the molecule is Cc1nc(-c2c(C)noc2C)cc(C2CCCN2C(=O)C2(C)CCN(C)CC2)n1. The fourth-order valence-corrected chi connectivity index (χ4v) is 4.73. The number of aromatic nitrogens is 3. The Morgan fingerprint density at radius 1 is 1.17 bits per heavy atom. The summed E-state index contributed by atoms with van der Waals surface area (Å²) in [6.07, 6.45) is 3.78. The van der Waals surface area contributed by atoms with Crippen molar-refractivity contribution in [1.82, 2.24) is 24.9 Å². The average Bonchev–Trinajstić information content (AvgIpc) is 3.30. The second kappa shape index (κ2) is 7.52. The fraction of sp³-hybridized carbons (Fsp3) is 0.636. The number of hydrogen-bond donors (Lipinski definition) is 0.